The van der Waals surface area contributed by atoms with Gasteiger partial charge in [-0.15, -0.1) is 0 Å². The van der Waals surface area contributed by atoms with E-state index in [1.165, 1.54) is 64.8 Å². The fourth-order valence-electron chi connectivity index (χ4n) is 4.07. The van der Waals surface area contributed by atoms with Gasteiger partial charge < -0.3 is 9.64 Å². The zero-order chi connectivity index (χ0) is 12.4. The van der Waals surface area contributed by atoms with Gasteiger partial charge in [0.05, 0.1) is 6.10 Å². The molecule has 3 saturated heterocycles. The summed E-state index contributed by atoms with van der Waals surface area (Å²) >= 11 is 0. The van der Waals surface area contributed by atoms with Crippen LogP contribution in [0.2, 0.25) is 0 Å². The van der Waals surface area contributed by atoms with Gasteiger partial charge in [0, 0.05) is 38.8 Å². The van der Waals surface area contributed by atoms with Gasteiger partial charge in [0.2, 0.25) is 0 Å². The Kier molecular flexibility index (Phi) is 4.22. The molecule has 3 nitrogen and oxygen atoms in total. The third-order valence-corrected chi connectivity index (χ3v) is 5.16. The van der Waals surface area contributed by atoms with Crippen molar-refractivity contribution < 1.29 is 4.74 Å². The lowest BCUT2D eigenvalue weighted by molar-refractivity contribution is 0.0278. The zero-order valence-electron chi connectivity index (χ0n) is 11.8. The maximum Gasteiger partial charge on any atom is 0.0613 e. The molecule has 3 rings (SSSR count). The summed E-state index contributed by atoms with van der Waals surface area (Å²) in [7, 11) is 0. The topological polar surface area (TPSA) is 15.7 Å². The lowest BCUT2D eigenvalue weighted by Crippen LogP contribution is -2.55. The SMILES string of the molecule is CCC1OCCC1CN1CCN2CCCCC2C1. The lowest BCUT2D eigenvalue weighted by atomic mass is 9.96. The van der Waals surface area contributed by atoms with Crippen LogP contribution in [0.5, 0.6) is 0 Å². The number of piperazine rings is 1. The fraction of sp³-hybridized carbons (Fsp3) is 1.00. The van der Waals surface area contributed by atoms with Crippen molar-refractivity contribution in [3.05, 3.63) is 0 Å². The summed E-state index contributed by atoms with van der Waals surface area (Å²) in [6, 6.07) is 0.856. The van der Waals surface area contributed by atoms with Gasteiger partial charge in [-0.25, -0.2) is 0 Å². The first kappa shape index (κ1) is 12.9. The molecule has 104 valence electrons. The van der Waals surface area contributed by atoms with E-state index in [2.05, 4.69) is 16.7 Å². The number of piperidine rings is 1. The van der Waals surface area contributed by atoms with Crippen molar-refractivity contribution in [3.8, 4) is 0 Å². The minimum absolute atomic E-state index is 0.536. The number of ether oxygens (including phenoxy) is 1. The van der Waals surface area contributed by atoms with Crippen LogP contribution in [-0.4, -0.2) is 61.3 Å². The molecule has 0 radical (unpaired) electrons. The predicted octanol–water partition coefficient (Wildman–Crippen LogP) is 1.97. The van der Waals surface area contributed by atoms with Gasteiger partial charge in [0.15, 0.2) is 0 Å². The van der Waals surface area contributed by atoms with Crippen LogP contribution in [0.1, 0.15) is 39.0 Å². The van der Waals surface area contributed by atoms with Crippen LogP contribution in [-0.2, 0) is 4.74 Å². The van der Waals surface area contributed by atoms with Crippen LogP contribution in [0, 0.1) is 5.92 Å². The van der Waals surface area contributed by atoms with Gasteiger partial charge in [-0.2, -0.15) is 0 Å². The molecule has 0 spiro atoms. The van der Waals surface area contributed by atoms with E-state index >= 15 is 0 Å². The Bertz CT molecular complexity index is 271. The molecule has 0 aromatic rings. The lowest BCUT2D eigenvalue weighted by Gasteiger charge is -2.44. The highest BCUT2D eigenvalue weighted by atomic mass is 16.5. The van der Waals surface area contributed by atoms with Crippen molar-refractivity contribution in [1.82, 2.24) is 9.80 Å². The molecular weight excluding hydrogens is 224 g/mol. The molecule has 0 aromatic carbocycles. The first-order valence-electron chi connectivity index (χ1n) is 7.95. The fourth-order valence-corrected chi connectivity index (χ4v) is 4.07. The van der Waals surface area contributed by atoms with E-state index < -0.39 is 0 Å². The molecule has 0 bridgehead atoms. The molecule has 3 atom stereocenters. The van der Waals surface area contributed by atoms with Crippen molar-refractivity contribution in [2.75, 3.05) is 39.3 Å². The molecule has 3 heterocycles. The molecule has 0 aromatic heterocycles. The highest BCUT2D eigenvalue weighted by Gasteiger charge is 2.33. The Morgan fingerprint density at radius 1 is 1.11 bits per heavy atom. The Balaban J connectivity index is 1.51. The van der Waals surface area contributed by atoms with Gasteiger partial charge in [-0.1, -0.05) is 13.3 Å². The van der Waals surface area contributed by atoms with E-state index in [9.17, 15) is 0 Å². The standard InChI is InChI=1S/C15H28N2O/c1-2-15-13(6-10-18-15)11-16-8-9-17-7-4-3-5-14(17)12-16/h13-15H,2-12H2,1H3. The summed E-state index contributed by atoms with van der Waals surface area (Å²) < 4.78 is 5.83. The Morgan fingerprint density at radius 2 is 2.06 bits per heavy atom. The molecule has 3 aliphatic heterocycles. The number of rotatable bonds is 3. The van der Waals surface area contributed by atoms with Gasteiger partial charge in [0.25, 0.3) is 0 Å². The van der Waals surface area contributed by atoms with Crippen molar-refractivity contribution in [2.45, 2.75) is 51.2 Å². The average Bonchev–Trinajstić information content (AvgIpc) is 2.86. The highest BCUT2D eigenvalue weighted by molar-refractivity contribution is 4.87. The quantitative estimate of drug-likeness (QED) is 0.764. The molecule has 0 amide bonds. The van der Waals surface area contributed by atoms with Gasteiger partial charge in [-0.3, -0.25) is 4.90 Å². The molecule has 18 heavy (non-hydrogen) atoms. The van der Waals surface area contributed by atoms with Crippen molar-refractivity contribution in [3.63, 3.8) is 0 Å². The van der Waals surface area contributed by atoms with Crippen LogP contribution in [0.15, 0.2) is 0 Å². The second-order valence-corrected chi connectivity index (χ2v) is 6.31. The van der Waals surface area contributed by atoms with E-state index in [1.54, 1.807) is 0 Å². The number of hydrogen-bond donors (Lipinski definition) is 0. The molecule has 3 fully saturated rings. The molecule has 3 heteroatoms. The van der Waals surface area contributed by atoms with E-state index in [-0.39, 0.29) is 0 Å². The van der Waals surface area contributed by atoms with Crippen LogP contribution >= 0.6 is 0 Å². The summed E-state index contributed by atoms with van der Waals surface area (Å²) in [4.78, 5) is 5.44. The monoisotopic (exact) mass is 252 g/mol. The van der Waals surface area contributed by atoms with Crippen LogP contribution in [0.3, 0.4) is 0 Å². The molecule has 0 saturated carbocycles. The summed E-state index contributed by atoms with van der Waals surface area (Å²) in [5.74, 6) is 0.796. The van der Waals surface area contributed by atoms with Crippen molar-refractivity contribution in [2.24, 2.45) is 5.92 Å². The third-order valence-electron chi connectivity index (χ3n) is 5.16. The molecule has 0 N–H and O–H groups in total. The minimum atomic E-state index is 0.536. The number of hydrogen-bond acceptors (Lipinski definition) is 3. The van der Waals surface area contributed by atoms with Gasteiger partial charge in [0.1, 0.15) is 0 Å². The Hall–Kier alpha value is -0.120. The maximum atomic E-state index is 5.83. The van der Waals surface area contributed by atoms with Crippen molar-refractivity contribution >= 4 is 0 Å². The van der Waals surface area contributed by atoms with E-state index in [4.69, 9.17) is 4.74 Å². The summed E-state index contributed by atoms with van der Waals surface area (Å²) in [6.07, 6.45) is 7.30. The normalized spacial score (nSPS) is 38.8. The largest absolute Gasteiger partial charge is 0.378 e. The van der Waals surface area contributed by atoms with Crippen molar-refractivity contribution in [1.29, 1.82) is 0 Å². The number of fused-ring (bicyclic) bond motifs is 1. The van der Waals surface area contributed by atoms with Crippen LogP contribution < -0.4 is 0 Å². The second kappa shape index (κ2) is 5.89. The van der Waals surface area contributed by atoms with E-state index in [1.807, 2.05) is 0 Å². The Labute approximate surface area is 111 Å². The predicted molar refractivity (Wildman–Crippen MR) is 73.8 cm³/mol. The number of nitrogens with zero attached hydrogens (tertiary/aromatic N) is 2. The zero-order valence-corrected chi connectivity index (χ0v) is 11.8. The Morgan fingerprint density at radius 3 is 2.94 bits per heavy atom. The minimum Gasteiger partial charge on any atom is -0.378 e. The molecular formula is C15H28N2O. The van der Waals surface area contributed by atoms with E-state index in [0.717, 1.165) is 18.6 Å². The van der Waals surface area contributed by atoms with Crippen LogP contribution in [0.4, 0.5) is 0 Å². The smallest absolute Gasteiger partial charge is 0.0613 e. The average molecular weight is 252 g/mol. The summed E-state index contributed by atoms with van der Waals surface area (Å²) in [5.41, 5.74) is 0. The maximum absolute atomic E-state index is 5.83. The van der Waals surface area contributed by atoms with Crippen LogP contribution in [0.25, 0.3) is 0 Å². The summed E-state index contributed by atoms with van der Waals surface area (Å²) in [5, 5.41) is 0. The first-order chi connectivity index (χ1) is 8.86. The first-order valence-corrected chi connectivity index (χ1v) is 7.95. The van der Waals surface area contributed by atoms with Gasteiger partial charge >= 0.3 is 0 Å². The van der Waals surface area contributed by atoms with Gasteiger partial charge in [-0.05, 0) is 38.1 Å². The van der Waals surface area contributed by atoms with E-state index in [0.29, 0.717) is 6.10 Å². The second-order valence-electron chi connectivity index (χ2n) is 6.31. The third kappa shape index (κ3) is 2.73. The molecule has 3 aliphatic rings. The molecule has 3 unspecified atom stereocenters. The summed E-state index contributed by atoms with van der Waals surface area (Å²) in [6.45, 7) is 9.78. The molecule has 0 aliphatic carbocycles. The highest BCUT2D eigenvalue weighted by Crippen LogP contribution is 2.27.